The van der Waals surface area contributed by atoms with E-state index in [-0.39, 0.29) is 0 Å². The highest BCUT2D eigenvalue weighted by Gasteiger charge is 2.55. The predicted molar refractivity (Wildman–Crippen MR) is 61.3 cm³/mol. The number of fused-ring (bicyclic) bond motifs is 1. The van der Waals surface area contributed by atoms with Crippen molar-refractivity contribution < 1.29 is 0 Å². The molecule has 0 radical (unpaired) electrons. The third-order valence-electron chi connectivity index (χ3n) is 3.94. The van der Waals surface area contributed by atoms with Crippen molar-refractivity contribution in [3.63, 3.8) is 0 Å². The lowest BCUT2D eigenvalue weighted by Crippen LogP contribution is -2.04. The standard InChI is InChI=1S/C11H17N3S/c1-2-6-14-10(12-13-11(14)15)9-7-4-3-5-8(7)9/h7-9H,2-6H2,1H3,(H,13,15). The minimum Gasteiger partial charge on any atom is -0.304 e. The summed E-state index contributed by atoms with van der Waals surface area (Å²) in [6.45, 7) is 3.20. The molecule has 2 unspecified atom stereocenters. The summed E-state index contributed by atoms with van der Waals surface area (Å²) in [6, 6.07) is 0. The van der Waals surface area contributed by atoms with E-state index in [1.807, 2.05) is 0 Å². The van der Waals surface area contributed by atoms with E-state index in [0.717, 1.165) is 35.5 Å². The summed E-state index contributed by atoms with van der Waals surface area (Å²) in [7, 11) is 0. The molecule has 3 rings (SSSR count). The molecule has 0 bridgehead atoms. The summed E-state index contributed by atoms with van der Waals surface area (Å²) in [5.74, 6) is 3.80. The van der Waals surface area contributed by atoms with Crippen LogP contribution in [0.25, 0.3) is 0 Å². The second kappa shape index (κ2) is 3.44. The molecule has 1 aromatic rings. The SMILES string of the molecule is CCCn1c(C2C3CCCC32)n[nH]c1=S. The molecule has 1 N–H and O–H groups in total. The molecule has 0 saturated heterocycles. The Hall–Kier alpha value is -0.640. The largest absolute Gasteiger partial charge is 0.304 e. The summed E-state index contributed by atoms with van der Waals surface area (Å²) in [6.07, 6.45) is 5.36. The van der Waals surface area contributed by atoms with E-state index in [0.29, 0.717) is 0 Å². The molecule has 4 heteroatoms. The molecule has 15 heavy (non-hydrogen) atoms. The first-order chi connectivity index (χ1) is 7.33. The fourth-order valence-electron chi connectivity index (χ4n) is 3.23. The molecule has 0 spiro atoms. The van der Waals surface area contributed by atoms with E-state index in [4.69, 9.17) is 12.2 Å². The van der Waals surface area contributed by atoms with Crippen LogP contribution in [0, 0.1) is 16.6 Å². The van der Waals surface area contributed by atoms with Gasteiger partial charge in [-0.2, -0.15) is 5.10 Å². The molecule has 2 aliphatic rings. The van der Waals surface area contributed by atoms with Gasteiger partial charge in [0.25, 0.3) is 0 Å². The van der Waals surface area contributed by atoms with Crippen molar-refractivity contribution in [1.82, 2.24) is 14.8 Å². The van der Waals surface area contributed by atoms with Gasteiger partial charge >= 0.3 is 0 Å². The lowest BCUT2D eigenvalue weighted by Gasteiger charge is -2.06. The van der Waals surface area contributed by atoms with Gasteiger partial charge in [0.05, 0.1) is 0 Å². The van der Waals surface area contributed by atoms with Gasteiger partial charge in [-0.1, -0.05) is 13.3 Å². The van der Waals surface area contributed by atoms with Crippen LogP contribution in [-0.2, 0) is 6.54 Å². The van der Waals surface area contributed by atoms with Crippen LogP contribution in [0.3, 0.4) is 0 Å². The van der Waals surface area contributed by atoms with Gasteiger partial charge in [0.15, 0.2) is 4.77 Å². The van der Waals surface area contributed by atoms with E-state index >= 15 is 0 Å². The number of nitrogens with one attached hydrogen (secondary N) is 1. The highest BCUT2D eigenvalue weighted by atomic mass is 32.1. The maximum atomic E-state index is 5.26. The molecule has 3 nitrogen and oxygen atoms in total. The highest BCUT2D eigenvalue weighted by Crippen LogP contribution is 2.62. The van der Waals surface area contributed by atoms with Gasteiger partial charge in [-0.25, -0.2) is 0 Å². The van der Waals surface area contributed by atoms with Gasteiger partial charge in [-0.15, -0.1) is 0 Å². The van der Waals surface area contributed by atoms with Crippen LogP contribution in [0.2, 0.25) is 0 Å². The Balaban J connectivity index is 1.89. The van der Waals surface area contributed by atoms with E-state index in [2.05, 4.69) is 21.7 Å². The van der Waals surface area contributed by atoms with Gasteiger partial charge in [-0.3, -0.25) is 5.10 Å². The van der Waals surface area contributed by atoms with E-state index in [9.17, 15) is 0 Å². The highest BCUT2D eigenvalue weighted by molar-refractivity contribution is 7.71. The van der Waals surface area contributed by atoms with E-state index in [1.165, 1.54) is 25.1 Å². The molecule has 0 amide bonds. The minimum absolute atomic E-state index is 0.721. The molecule has 0 aliphatic heterocycles. The average molecular weight is 223 g/mol. The van der Waals surface area contributed by atoms with Crippen molar-refractivity contribution in [2.75, 3.05) is 0 Å². The van der Waals surface area contributed by atoms with E-state index < -0.39 is 0 Å². The molecule has 2 fully saturated rings. The number of hydrogen-bond acceptors (Lipinski definition) is 2. The maximum Gasteiger partial charge on any atom is 0.195 e. The van der Waals surface area contributed by atoms with Crippen molar-refractivity contribution in [1.29, 1.82) is 0 Å². The van der Waals surface area contributed by atoms with Gasteiger partial charge in [0.1, 0.15) is 5.82 Å². The zero-order valence-electron chi connectivity index (χ0n) is 9.07. The monoisotopic (exact) mass is 223 g/mol. The molecule has 0 aromatic carbocycles. The molecule has 2 saturated carbocycles. The summed E-state index contributed by atoms with van der Waals surface area (Å²) < 4.78 is 3.01. The average Bonchev–Trinajstić information content (AvgIpc) is 2.64. The molecule has 1 aromatic heterocycles. The normalized spacial score (nSPS) is 33.0. The summed E-state index contributed by atoms with van der Waals surface area (Å²) in [4.78, 5) is 0. The predicted octanol–water partition coefficient (Wildman–Crippen LogP) is 2.86. The van der Waals surface area contributed by atoms with Crippen molar-refractivity contribution in [2.45, 2.75) is 45.1 Å². The Morgan fingerprint density at radius 1 is 1.47 bits per heavy atom. The molecule has 2 atom stereocenters. The lowest BCUT2D eigenvalue weighted by molar-refractivity contribution is 0.587. The summed E-state index contributed by atoms with van der Waals surface area (Å²) in [5, 5.41) is 7.37. The maximum absolute atomic E-state index is 5.26. The lowest BCUT2D eigenvalue weighted by atomic mass is 10.1. The molecule has 82 valence electrons. The molecular weight excluding hydrogens is 206 g/mol. The molecular formula is C11H17N3S. The third kappa shape index (κ3) is 1.38. The van der Waals surface area contributed by atoms with Gasteiger partial charge in [0.2, 0.25) is 0 Å². The van der Waals surface area contributed by atoms with Gasteiger partial charge in [0, 0.05) is 12.5 Å². The van der Waals surface area contributed by atoms with Crippen molar-refractivity contribution in [3.8, 4) is 0 Å². The number of hydrogen-bond donors (Lipinski definition) is 1. The first-order valence-corrected chi connectivity index (χ1v) is 6.39. The molecule has 2 aliphatic carbocycles. The van der Waals surface area contributed by atoms with Crippen molar-refractivity contribution in [3.05, 3.63) is 10.6 Å². The van der Waals surface area contributed by atoms with Gasteiger partial charge < -0.3 is 4.57 Å². The number of aromatic nitrogens is 3. The quantitative estimate of drug-likeness (QED) is 0.799. The second-order valence-corrected chi connectivity index (χ2v) is 5.21. The zero-order chi connectivity index (χ0) is 10.4. The van der Waals surface area contributed by atoms with Crippen LogP contribution >= 0.6 is 12.2 Å². The Morgan fingerprint density at radius 2 is 2.20 bits per heavy atom. The number of aromatic amines is 1. The second-order valence-electron chi connectivity index (χ2n) is 4.82. The number of H-pyrrole nitrogens is 1. The van der Waals surface area contributed by atoms with Crippen LogP contribution in [-0.4, -0.2) is 14.8 Å². The third-order valence-corrected chi connectivity index (χ3v) is 4.25. The van der Waals surface area contributed by atoms with Crippen LogP contribution in [0.15, 0.2) is 0 Å². The number of nitrogens with zero attached hydrogens (tertiary/aromatic N) is 2. The van der Waals surface area contributed by atoms with E-state index in [1.54, 1.807) is 0 Å². The number of rotatable bonds is 3. The Bertz CT molecular complexity index is 410. The molecule has 1 heterocycles. The Morgan fingerprint density at radius 3 is 2.87 bits per heavy atom. The minimum atomic E-state index is 0.721. The first kappa shape index (κ1) is 9.58. The van der Waals surface area contributed by atoms with Crippen LogP contribution in [0.4, 0.5) is 0 Å². The fourth-order valence-corrected chi connectivity index (χ4v) is 3.46. The van der Waals surface area contributed by atoms with Crippen LogP contribution in [0.5, 0.6) is 0 Å². The van der Waals surface area contributed by atoms with Crippen LogP contribution in [0.1, 0.15) is 44.3 Å². The fraction of sp³-hybridized carbons (Fsp3) is 0.818. The Labute approximate surface area is 94.9 Å². The smallest absolute Gasteiger partial charge is 0.195 e. The summed E-state index contributed by atoms with van der Waals surface area (Å²) in [5.41, 5.74) is 0. The van der Waals surface area contributed by atoms with Gasteiger partial charge in [-0.05, 0) is 43.3 Å². The first-order valence-electron chi connectivity index (χ1n) is 5.98. The Kier molecular flexibility index (Phi) is 2.20. The topological polar surface area (TPSA) is 33.6 Å². The zero-order valence-corrected chi connectivity index (χ0v) is 9.89. The van der Waals surface area contributed by atoms with Crippen molar-refractivity contribution in [2.24, 2.45) is 11.8 Å². The summed E-state index contributed by atoms with van der Waals surface area (Å²) >= 11 is 5.26. The van der Waals surface area contributed by atoms with Crippen molar-refractivity contribution >= 4 is 12.2 Å². The van der Waals surface area contributed by atoms with Crippen LogP contribution < -0.4 is 0 Å².